The van der Waals surface area contributed by atoms with Crippen LogP contribution >= 0.6 is 23.1 Å². The van der Waals surface area contributed by atoms with E-state index in [9.17, 15) is 9.59 Å². The maximum atomic E-state index is 12.3. The summed E-state index contributed by atoms with van der Waals surface area (Å²) < 4.78 is 12.8. The third kappa shape index (κ3) is 7.03. The number of hydrogen-bond donors (Lipinski definition) is 1. The number of nitrogens with zero attached hydrogens (tertiary/aromatic N) is 4. The highest BCUT2D eigenvalue weighted by molar-refractivity contribution is 7.99. The number of esters is 1. The fourth-order valence-electron chi connectivity index (χ4n) is 3.15. The number of thiazole rings is 1. The van der Waals surface area contributed by atoms with Crippen molar-refractivity contribution in [2.24, 2.45) is 7.05 Å². The average Bonchev–Trinajstić information content (AvgIpc) is 3.31. The van der Waals surface area contributed by atoms with Crippen LogP contribution in [0.15, 0.2) is 28.7 Å². The minimum Gasteiger partial charge on any atom is -0.483 e. The molecule has 0 aliphatic rings. The Morgan fingerprint density at radius 1 is 1.21 bits per heavy atom. The van der Waals surface area contributed by atoms with Crippen LogP contribution in [0.25, 0.3) is 0 Å². The lowest BCUT2D eigenvalue weighted by Crippen LogP contribution is -2.15. The first-order valence-electron chi connectivity index (χ1n) is 10.4. The molecule has 1 aromatic carbocycles. The lowest BCUT2D eigenvalue weighted by atomic mass is 10.1. The summed E-state index contributed by atoms with van der Waals surface area (Å²) in [5, 5.41) is 14.0. The van der Waals surface area contributed by atoms with Gasteiger partial charge < -0.3 is 19.4 Å². The molecular formula is C22H27N5O4S2. The molecule has 2 heterocycles. The van der Waals surface area contributed by atoms with Crippen LogP contribution in [0.1, 0.15) is 42.6 Å². The molecule has 0 saturated heterocycles. The highest BCUT2D eigenvalue weighted by Crippen LogP contribution is 2.25. The van der Waals surface area contributed by atoms with Crippen LogP contribution in [0.3, 0.4) is 0 Å². The van der Waals surface area contributed by atoms with Gasteiger partial charge in [-0.25, -0.2) is 4.98 Å². The van der Waals surface area contributed by atoms with Gasteiger partial charge in [-0.2, -0.15) is 0 Å². The first-order chi connectivity index (χ1) is 15.7. The Bertz CT molecular complexity index is 1110. The van der Waals surface area contributed by atoms with Crippen LogP contribution in [-0.2, 0) is 27.8 Å². The third-order valence-electron chi connectivity index (χ3n) is 4.50. The zero-order chi connectivity index (χ0) is 24.0. The summed E-state index contributed by atoms with van der Waals surface area (Å²) in [4.78, 5) is 28.1. The second-order valence-electron chi connectivity index (χ2n) is 7.45. The van der Waals surface area contributed by atoms with Crippen LogP contribution in [0.5, 0.6) is 5.75 Å². The molecule has 1 N–H and O–H groups in total. The molecule has 1 unspecified atom stereocenters. The van der Waals surface area contributed by atoms with E-state index in [1.54, 1.807) is 12.3 Å². The number of benzene rings is 1. The summed E-state index contributed by atoms with van der Waals surface area (Å²) in [5.41, 5.74) is 2.83. The summed E-state index contributed by atoms with van der Waals surface area (Å²) in [6, 6.07) is 6.06. The average molecular weight is 490 g/mol. The molecule has 0 bridgehead atoms. The minimum absolute atomic E-state index is 0.0824. The zero-order valence-electron chi connectivity index (χ0n) is 19.2. The Morgan fingerprint density at radius 2 is 1.94 bits per heavy atom. The van der Waals surface area contributed by atoms with Gasteiger partial charge in [0.25, 0.3) is 0 Å². The predicted molar refractivity (Wildman–Crippen MR) is 128 cm³/mol. The normalized spacial score (nSPS) is 11.8. The van der Waals surface area contributed by atoms with Crippen molar-refractivity contribution in [1.29, 1.82) is 0 Å². The first-order valence-corrected chi connectivity index (χ1v) is 12.3. The van der Waals surface area contributed by atoms with E-state index in [0.717, 1.165) is 16.9 Å². The van der Waals surface area contributed by atoms with Gasteiger partial charge in [-0.05, 0) is 51.0 Å². The lowest BCUT2D eigenvalue weighted by Gasteiger charge is -2.15. The van der Waals surface area contributed by atoms with Gasteiger partial charge in [0.15, 0.2) is 22.2 Å². The van der Waals surface area contributed by atoms with Crippen molar-refractivity contribution in [2.75, 3.05) is 17.7 Å². The van der Waals surface area contributed by atoms with Crippen molar-refractivity contribution < 1.29 is 19.1 Å². The van der Waals surface area contributed by atoms with Crippen LogP contribution in [0.4, 0.5) is 5.13 Å². The molecule has 0 radical (unpaired) electrons. The third-order valence-corrected chi connectivity index (χ3v) is 6.33. The molecule has 176 valence electrons. The summed E-state index contributed by atoms with van der Waals surface area (Å²) in [6.07, 6.45) is -0.223. The van der Waals surface area contributed by atoms with Crippen molar-refractivity contribution >= 4 is 40.1 Å². The van der Waals surface area contributed by atoms with Gasteiger partial charge >= 0.3 is 5.97 Å². The standard InChI is InChI=1S/C22H27N5O4S2/c1-6-30-19(29)10-16-11-32-21(23-16)24-18(28)12-33-22-26-25-20(27(22)5)15(4)31-17-8-13(2)7-14(3)9-17/h7-9,11,15H,6,10,12H2,1-5H3,(H,23,24,28). The van der Waals surface area contributed by atoms with Gasteiger partial charge in [-0.3, -0.25) is 9.59 Å². The molecule has 3 aromatic rings. The molecule has 3 rings (SSSR count). The molecular weight excluding hydrogens is 462 g/mol. The van der Waals surface area contributed by atoms with Crippen molar-refractivity contribution in [3.05, 3.63) is 46.2 Å². The molecule has 0 aliphatic heterocycles. The number of carbonyl (C=O) groups excluding carboxylic acids is 2. The predicted octanol–water partition coefficient (Wildman–Crippen LogP) is 3.86. The molecule has 2 aromatic heterocycles. The minimum atomic E-state index is -0.343. The fraction of sp³-hybridized carbons (Fsp3) is 0.409. The maximum Gasteiger partial charge on any atom is 0.311 e. The molecule has 1 atom stereocenters. The van der Waals surface area contributed by atoms with Crippen LogP contribution in [-0.4, -0.2) is 44.0 Å². The number of ether oxygens (including phenoxy) is 2. The topological polar surface area (TPSA) is 108 Å². The number of nitrogens with one attached hydrogen (secondary N) is 1. The lowest BCUT2D eigenvalue weighted by molar-refractivity contribution is -0.142. The maximum absolute atomic E-state index is 12.3. The molecule has 0 saturated carbocycles. The summed E-state index contributed by atoms with van der Waals surface area (Å²) in [7, 11) is 1.85. The van der Waals surface area contributed by atoms with Gasteiger partial charge in [-0.1, -0.05) is 17.8 Å². The molecule has 11 heteroatoms. The Balaban J connectivity index is 1.53. The van der Waals surface area contributed by atoms with Crippen molar-refractivity contribution in [3.63, 3.8) is 0 Å². The highest BCUT2D eigenvalue weighted by atomic mass is 32.2. The fourth-order valence-corrected chi connectivity index (χ4v) is 4.60. The number of hydrogen-bond acceptors (Lipinski definition) is 9. The second kappa shape index (κ2) is 11.3. The Labute approximate surface area is 200 Å². The second-order valence-corrected chi connectivity index (χ2v) is 9.25. The molecule has 0 spiro atoms. The van der Waals surface area contributed by atoms with Crippen LogP contribution in [0, 0.1) is 13.8 Å². The van der Waals surface area contributed by atoms with Crippen LogP contribution < -0.4 is 10.1 Å². The number of carbonyl (C=O) groups is 2. The molecule has 1 amide bonds. The van der Waals surface area contributed by atoms with Crippen LogP contribution in [0.2, 0.25) is 0 Å². The van der Waals surface area contributed by atoms with Crippen molar-refractivity contribution in [1.82, 2.24) is 19.7 Å². The molecule has 0 fully saturated rings. The zero-order valence-corrected chi connectivity index (χ0v) is 20.9. The van der Waals surface area contributed by atoms with Crippen molar-refractivity contribution in [2.45, 2.75) is 45.4 Å². The quantitative estimate of drug-likeness (QED) is 0.338. The summed E-state index contributed by atoms with van der Waals surface area (Å²) in [5.74, 6) is 1.03. The van der Waals surface area contributed by atoms with Gasteiger partial charge in [-0.15, -0.1) is 21.5 Å². The number of aryl methyl sites for hydroxylation is 2. The van der Waals surface area contributed by atoms with E-state index in [1.165, 1.54) is 23.1 Å². The highest BCUT2D eigenvalue weighted by Gasteiger charge is 2.19. The van der Waals surface area contributed by atoms with E-state index in [0.29, 0.717) is 28.4 Å². The monoisotopic (exact) mass is 489 g/mol. The molecule has 33 heavy (non-hydrogen) atoms. The SMILES string of the molecule is CCOC(=O)Cc1csc(NC(=O)CSc2nnc(C(C)Oc3cc(C)cc(C)c3)n2C)n1. The van der Waals surface area contributed by atoms with E-state index in [1.807, 2.05) is 44.5 Å². The van der Waals surface area contributed by atoms with E-state index < -0.39 is 0 Å². The Morgan fingerprint density at radius 3 is 2.64 bits per heavy atom. The smallest absolute Gasteiger partial charge is 0.311 e. The number of anilines is 1. The number of aromatic nitrogens is 4. The molecule has 9 nitrogen and oxygen atoms in total. The Hall–Kier alpha value is -2.92. The molecule has 0 aliphatic carbocycles. The number of rotatable bonds is 10. The van der Waals surface area contributed by atoms with E-state index in [2.05, 4.69) is 26.6 Å². The Kier molecular flexibility index (Phi) is 8.45. The van der Waals surface area contributed by atoms with E-state index >= 15 is 0 Å². The summed E-state index contributed by atoms with van der Waals surface area (Å²) in [6.45, 7) is 8.04. The van der Waals surface area contributed by atoms with Gasteiger partial charge in [0.05, 0.1) is 24.5 Å². The van der Waals surface area contributed by atoms with E-state index in [-0.39, 0.29) is 30.2 Å². The number of thioether (sulfide) groups is 1. The van der Waals surface area contributed by atoms with Gasteiger partial charge in [0.2, 0.25) is 5.91 Å². The van der Waals surface area contributed by atoms with Gasteiger partial charge in [0.1, 0.15) is 5.75 Å². The van der Waals surface area contributed by atoms with E-state index in [4.69, 9.17) is 9.47 Å². The summed E-state index contributed by atoms with van der Waals surface area (Å²) >= 11 is 2.54. The van der Waals surface area contributed by atoms with Crippen molar-refractivity contribution in [3.8, 4) is 5.75 Å². The van der Waals surface area contributed by atoms with Gasteiger partial charge in [0, 0.05) is 12.4 Å². The number of amides is 1. The largest absolute Gasteiger partial charge is 0.483 e. The first kappa shape index (κ1) is 24.7.